The van der Waals surface area contributed by atoms with E-state index in [1.54, 1.807) is 30.3 Å². The summed E-state index contributed by atoms with van der Waals surface area (Å²) in [5.41, 5.74) is 3.58. The number of fused-ring (bicyclic) bond motifs is 1. The molecule has 3 aromatic rings. The molecule has 0 bridgehead atoms. The van der Waals surface area contributed by atoms with Crippen LogP contribution in [0.3, 0.4) is 0 Å². The monoisotopic (exact) mass is 443 g/mol. The Kier molecular flexibility index (Phi) is 4.94. The van der Waals surface area contributed by atoms with Crippen molar-refractivity contribution in [3.63, 3.8) is 0 Å². The zero-order valence-corrected chi connectivity index (χ0v) is 18.0. The molecule has 0 saturated carbocycles. The van der Waals surface area contributed by atoms with Gasteiger partial charge in [-0.05, 0) is 43.2 Å². The summed E-state index contributed by atoms with van der Waals surface area (Å²) in [6.07, 6.45) is -1.02. The second kappa shape index (κ2) is 7.83. The predicted octanol–water partition coefficient (Wildman–Crippen LogP) is 4.26. The standard InChI is InChI=1S/C25H21N3O5/c1-15-9-11-17(12-10-15)22-21-23(33-27(22)19-7-4-8-20(14-19)28(31)32)25(30)26(24(21)29)18-6-3-5-16(2)13-18/h3-14,21-23H,1-2H3/t21-,22+,23+/m0/s1. The zero-order chi connectivity index (χ0) is 23.3. The molecule has 8 heteroatoms. The second-order valence-electron chi connectivity index (χ2n) is 8.36. The molecular weight excluding hydrogens is 422 g/mol. The Morgan fingerprint density at radius 3 is 2.24 bits per heavy atom. The van der Waals surface area contributed by atoms with Crippen LogP contribution >= 0.6 is 0 Å². The molecule has 0 N–H and O–H groups in total. The number of nitrogens with zero attached hydrogens (tertiary/aromatic N) is 3. The number of nitro benzene ring substituents is 1. The minimum absolute atomic E-state index is 0.102. The molecule has 166 valence electrons. The van der Waals surface area contributed by atoms with Crippen molar-refractivity contribution in [2.75, 3.05) is 9.96 Å². The van der Waals surface area contributed by atoms with Crippen molar-refractivity contribution < 1.29 is 19.3 Å². The molecule has 0 radical (unpaired) electrons. The molecule has 2 aliphatic heterocycles. The van der Waals surface area contributed by atoms with Crippen LogP contribution in [-0.2, 0) is 14.4 Å². The Bertz CT molecular complexity index is 1270. The van der Waals surface area contributed by atoms with Gasteiger partial charge in [-0.2, -0.15) is 0 Å². The van der Waals surface area contributed by atoms with Gasteiger partial charge in [0.2, 0.25) is 5.91 Å². The fourth-order valence-corrected chi connectivity index (χ4v) is 4.51. The number of carbonyl (C=O) groups excluding carboxylic acids is 2. The van der Waals surface area contributed by atoms with E-state index in [1.165, 1.54) is 22.1 Å². The van der Waals surface area contributed by atoms with Crippen molar-refractivity contribution in [3.8, 4) is 0 Å². The first kappa shape index (κ1) is 20.8. The highest BCUT2D eigenvalue weighted by Gasteiger charge is 2.60. The van der Waals surface area contributed by atoms with Gasteiger partial charge in [0.15, 0.2) is 6.10 Å². The third-order valence-electron chi connectivity index (χ3n) is 6.09. The lowest BCUT2D eigenvalue weighted by Crippen LogP contribution is -2.37. The van der Waals surface area contributed by atoms with Gasteiger partial charge in [-0.3, -0.25) is 24.5 Å². The van der Waals surface area contributed by atoms with Crippen LogP contribution in [0.2, 0.25) is 0 Å². The van der Waals surface area contributed by atoms with E-state index in [0.717, 1.165) is 16.7 Å². The number of aryl methyl sites for hydroxylation is 2. The number of nitro groups is 1. The third kappa shape index (κ3) is 3.44. The maximum absolute atomic E-state index is 13.6. The van der Waals surface area contributed by atoms with Gasteiger partial charge in [-0.25, -0.2) is 9.96 Å². The number of anilines is 2. The fraction of sp³-hybridized carbons (Fsp3) is 0.200. The van der Waals surface area contributed by atoms with Gasteiger partial charge < -0.3 is 0 Å². The summed E-state index contributed by atoms with van der Waals surface area (Å²) in [6, 6.07) is 20.2. The Morgan fingerprint density at radius 1 is 0.848 bits per heavy atom. The van der Waals surface area contributed by atoms with Gasteiger partial charge in [0.05, 0.1) is 22.3 Å². The number of benzene rings is 3. The zero-order valence-electron chi connectivity index (χ0n) is 18.0. The van der Waals surface area contributed by atoms with Gasteiger partial charge in [-0.1, -0.05) is 48.0 Å². The summed E-state index contributed by atoms with van der Waals surface area (Å²) in [4.78, 5) is 45.0. The average molecular weight is 443 g/mol. The summed E-state index contributed by atoms with van der Waals surface area (Å²) in [5.74, 6) is -1.59. The molecule has 2 heterocycles. The van der Waals surface area contributed by atoms with Crippen molar-refractivity contribution in [1.29, 1.82) is 0 Å². The Balaban J connectivity index is 1.60. The average Bonchev–Trinajstić information content (AvgIpc) is 3.30. The van der Waals surface area contributed by atoms with Crippen LogP contribution in [0.4, 0.5) is 17.1 Å². The fourth-order valence-electron chi connectivity index (χ4n) is 4.51. The molecule has 3 atom stereocenters. The molecule has 5 rings (SSSR count). The van der Waals surface area contributed by atoms with E-state index in [9.17, 15) is 19.7 Å². The van der Waals surface area contributed by atoms with Crippen LogP contribution in [0.15, 0.2) is 72.8 Å². The minimum atomic E-state index is -1.02. The first-order valence-corrected chi connectivity index (χ1v) is 10.6. The molecule has 0 spiro atoms. The summed E-state index contributed by atoms with van der Waals surface area (Å²) < 4.78 is 0. The van der Waals surface area contributed by atoms with Gasteiger partial charge in [0.25, 0.3) is 11.6 Å². The van der Waals surface area contributed by atoms with E-state index in [4.69, 9.17) is 4.84 Å². The number of hydrogen-bond donors (Lipinski definition) is 0. The summed E-state index contributed by atoms with van der Waals surface area (Å²) in [7, 11) is 0. The molecule has 3 aromatic carbocycles. The summed E-state index contributed by atoms with van der Waals surface area (Å²) in [6.45, 7) is 3.85. The van der Waals surface area contributed by atoms with E-state index < -0.39 is 28.9 Å². The molecule has 0 unspecified atom stereocenters. The number of hydrogen-bond acceptors (Lipinski definition) is 6. The van der Waals surface area contributed by atoms with Crippen molar-refractivity contribution in [3.05, 3.63) is 99.6 Å². The number of carbonyl (C=O) groups is 2. The Labute approximate surface area is 190 Å². The lowest BCUT2D eigenvalue weighted by Gasteiger charge is -2.28. The largest absolute Gasteiger partial charge is 0.273 e. The molecule has 2 amide bonds. The number of imide groups is 1. The van der Waals surface area contributed by atoms with Crippen LogP contribution in [-0.4, -0.2) is 22.8 Å². The van der Waals surface area contributed by atoms with E-state index in [-0.39, 0.29) is 11.6 Å². The number of rotatable bonds is 4. The van der Waals surface area contributed by atoms with Crippen LogP contribution in [0.1, 0.15) is 22.7 Å². The normalized spacial score (nSPS) is 22.1. The van der Waals surface area contributed by atoms with E-state index in [2.05, 4.69) is 0 Å². The van der Waals surface area contributed by atoms with Crippen molar-refractivity contribution >= 4 is 28.9 Å². The van der Waals surface area contributed by atoms with E-state index >= 15 is 0 Å². The highest BCUT2D eigenvalue weighted by Crippen LogP contribution is 2.48. The Morgan fingerprint density at radius 2 is 1.55 bits per heavy atom. The van der Waals surface area contributed by atoms with Crippen molar-refractivity contribution in [2.24, 2.45) is 5.92 Å². The summed E-state index contributed by atoms with van der Waals surface area (Å²) >= 11 is 0. The van der Waals surface area contributed by atoms with Crippen LogP contribution in [0.25, 0.3) is 0 Å². The van der Waals surface area contributed by atoms with Gasteiger partial charge in [0, 0.05) is 12.1 Å². The Hall–Kier alpha value is -4.04. The number of non-ortho nitro benzene ring substituents is 1. The molecule has 0 aliphatic carbocycles. The topological polar surface area (TPSA) is 93.0 Å². The molecule has 8 nitrogen and oxygen atoms in total. The van der Waals surface area contributed by atoms with Crippen LogP contribution < -0.4 is 9.96 Å². The molecule has 2 saturated heterocycles. The molecule has 0 aromatic heterocycles. The maximum Gasteiger partial charge on any atom is 0.271 e. The minimum Gasteiger partial charge on any atom is -0.273 e. The van der Waals surface area contributed by atoms with Gasteiger partial charge in [-0.15, -0.1) is 0 Å². The predicted molar refractivity (Wildman–Crippen MR) is 122 cm³/mol. The molecule has 2 aliphatic rings. The smallest absolute Gasteiger partial charge is 0.271 e. The number of amides is 2. The maximum atomic E-state index is 13.6. The lowest BCUT2D eigenvalue weighted by atomic mass is 9.90. The van der Waals surface area contributed by atoms with Crippen molar-refractivity contribution in [2.45, 2.75) is 26.0 Å². The quantitative estimate of drug-likeness (QED) is 0.340. The van der Waals surface area contributed by atoms with Gasteiger partial charge >= 0.3 is 0 Å². The van der Waals surface area contributed by atoms with E-state index in [0.29, 0.717) is 11.4 Å². The van der Waals surface area contributed by atoms with E-state index in [1.807, 2.05) is 44.2 Å². The summed E-state index contributed by atoms with van der Waals surface area (Å²) in [5, 5.41) is 12.8. The first-order valence-electron chi connectivity index (χ1n) is 10.6. The second-order valence-corrected chi connectivity index (χ2v) is 8.36. The van der Waals surface area contributed by atoms with Crippen LogP contribution in [0, 0.1) is 29.9 Å². The SMILES string of the molecule is Cc1ccc([C@@H]2[C@@H]3C(=O)N(c4cccc(C)c4)C(=O)[C@@H]3ON2c2cccc([N+](=O)[O-])c2)cc1. The molecule has 33 heavy (non-hydrogen) atoms. The lowest BCUT2D eigenvalue weighted by molar-refractivity contribution is -0.384. The highest BCUT2D eigenvalue weighted by molar-refractivity contribution is 6.24. The van der Waals surface area contributed by atoms with Crippen LogP contribution in [0.5, 0.6) is 0 Å². The third-order valence-corrected chi connectivity index (χ3v) is 6.09. The van der Waals surface area contributed by atoms with Crippen molar-refractivity contribution in [1.82, 2.24) is 0 Å². The molecule has 2 fully saturated rings. The number of hydroxylamine groups is 1. The van der Waals surface area contributed by atoms with Gasteiger partial charge in [0.1, 0.15) is 5.92 Å². The molecular formula is C25H21N3O5. The highest BCUT2D eigenvalue weighted by atomic mass is 16.7. The first-order chi connectivity index (χ1) is 15.8.